The van der Waals surface area contributed by atoms with Gasteiger partial charge in [0.25, 0.3) is 5.91 Å². The Morgan fingerprint density at radius 3 is 2.46 bits per heavy atom. The molecule has 2 aromatic carbocycles. The summed E-state index contributed by atoms with van der Waals surface area (Å²) in [4.78, 5) is 50.7. The van der Waals surface area contributed by atoms with Gasteiger partial charge in [-0.2, -0.15) is 9.94 Å². The van der Waals surface area contributed by atoms with E-state index in [0.29, 0.717) is 28.6 Å². The van der Waals surface area contributed by atoms with Crippen LogP contribution in [0.1, 0.15) is 116 Å². The largest absolute Gasteiger partial charge is 0.495 e. The first-order valence-electron chi connectivity index (χ1n) is 20.2. The number of nitrogens with zero attached hydrogens (tertiary/aromatic N) is 6. The predicted octanol–water partition coefficient (Wildman–Crippen LogP) is 8.01. The van der Waals surface area contributed by atoms with Gasteiger partial charge in [-0.15, -0.1) is 5.10 Å². The van der Waals surface area contributed by atoms with Crippen molar-refractivity contribution in [3.8, 4) is 23.2 Å². The predicted molar refractivity (Wildman–Crippen MR) is 222 cm³/mol. The van der Waals surface area contributed by atoms with Crippen LogP contribution in [-0.2, 0) is 14.4 Å². The first kappa shape index (κ1) is 41.1. The lowest BCUT2D eigenvalue weighted by atomic mass is 9.73. The minimum atomic E-state index is -1.08. The molecule has 1 fully saturated rings. The molecule has 13 nitrogen and oxygen atoms in total. The monoisotopic (exact) mass is 776 g/mol. The van der Waals surface area contributed by atoms with Crippen molar-refractivity contribution in [2.45, 2.75) is 118 Å². The molecule has 1 aliphatic carbocycles. The fourth-order valence-electron chi connectivity index (χ4n) is 9.20. The number of aliphatic imine (C=N–C) groups is 1. The maximum absolute atomic E-state index is 14.4. The number of benzene rings is 2. The van der Waals surface area contributed by atoms with Crippen LogP contribution < -0.4 is 20.3 Å². The Balaban J connectivity index is 1.47. The lowest BCUT2D eigenvalue weighted by molar-refractivity contribution is -0.138. The van der Waals surface area contributed by atoms with Crippen molar-refractivity contribution in [2.75, 3.05) is 23.9 Å². The minimum absolute atomic E-state index is 0.00807. The van der Waals surface area contributed by atoms with E-state index >= 15 is 0 Å². The number of ether oxygens (including phenoxy) is 1. The number of carboxylic acid groups (broad SMARTS) is 1. The number of nitriles is 1. The summed E-state index contributed by atoms with van der Waals surface area (Å²) in [6.45, 7) is 18.6. The third kappa shape index (κ3) is 8.31. The Morgan fingerprint density at radius 2 is 1.81 bits per heavy atom. The lowest BCUT2D eigenvalue weighted by Crippen LogP contribution is -2.48. The minimum Gasteiger partial charge on any atom is -0.495 e. The van der Waals surface area contributed by atoms with Gasteiger partial charge in [-0.3, -0.25) is 14.4 Å². The molecule has 2 aliphatic heterocycles. The Labute approximate surface area is 335 Å². The number of allylic oxidation sites excluding steroid dienone is 1. The quantitative estimate of drug-likeness (QED) is 0.165. The van der Waals surface area contributed by atoms with E-state index in [2.05, 4.69) is 82.2 Å². The third-order valence-corrected chi connectivity index (χ3v) is 11.9. The van der Waals surface area contributed by atoms with Crippen molar-refractivity contribution in [1.82, 2.24) is 20.1 Å². The third-order valence-electron chi connectivity index (χ3n) is 11.9. The van der Waals surface area contributed by atoms with E-state index in [1.807, 2.05) is 6.92 Å². The number of carbonyl (C=O) groups is 3. The molecule has 3 N–H and O–H groups in total. The van der Waals surface area contributed by atoms with E-state index in [1.54, 1.807) is 18.2 Å². The molecule has 3 aromatic rings. The average Bonchev–Trinajstić information content (AvgIpc) is 3.69. The van der Waals surface area contributed by atoms with Gasteiger partial charge < -0.3 is 25.4 Å². The van der Waals surface area contributed by atoms with Gasteiger partial charge in [0.2, 0.25) is 5.91 Å². The van der Waals surface area contributed by atoms with Crippen LogP contribution >= 0.6 is 0 Å². The highest BCUT2D eigenvalue weighted by atomic mass is 16.5. The van der Waals surface area contributed by atoms with Crippen LogP contribution in [-0.4, -0.2) is 68.7 Å². The molecule has 0 bridgehead atoms. The van der Waals surface area contributed by atoms with Crippen molar-refractivity contribution in [1.29, 1.82) is 5.26 Å². The van der Waals surface area contributed by atoms with Crippen molar-refractivity contribution in [3.05, 3.63) is 52.9 Å². The van der Waals surface area contributed by atoms with Crippen molar-refractivity contribution >= 4 is 46.3 Å². The number of fused-ring (bicyclic) bond motifs is 2. The zero-order valence-corrected chi connectivity index (χ0v) is 34.7. The highest BCUT2D eigenvalue weighted by Crippen LogP contribution is 2.46. The van der Waals surface area contributed by atoms with E-state index < -0.39 is 17.8 Å². The number of unbranched alkanes of at least 4 members (excludes halogenated alkanes) is 1. The van der Waals surface area contributed by atoms with E-state index in [-0.39, 0.29) is 70.8 Å². The van der Waals surface area contributed by atoms with Gasteiger partial charge in [-0.1, -0.05) is 41.0 Å². The smallest absolute Gasteiger partial charge is 0.303 e. The number of hydrogen-bond donors (Lipinski definition) is 3. The number of nitrogens with one attached hydrogen (secondary N) is 2. The van der Waals surface area contributed by atoms with Crippen molar-refractivity contribution < 1.29 is 24.2 Å². The molecule has 1 saturated carbocycles. The number of amides is 2. The van der Waals surface area contributed by atoms with Crippen LogP contribution in [0, 0.1) is 36.0 Å². The molecule has 3 unspecified atom stereocenters. The summed E-state index contributed by atoms with van der Waals surface area (Å²) in [5.41, 5.74) is 5.02. The Morgan fingerprint density at radius 1 is 1.09 bits per heavy atom. The summed E-state index contributed by atoms with van der Waals surface area (Å²) >= 11 is 0. The van der Waals surface area contributed by atoms with E-state index in [4.69, 9.17) is 24.9 Å². The normalized spacial score (nSPS) is 23.1. The number of methoxy groups -OCH3 is 1. The molecule has 0 saturated heterocycles. The molecule has 3 aliphatic rings. The fraction of sp³-hybridized carbons (Fsp3) is 0.523. The van der Waals surface area contributed by atoms with Crippen LogP contribution in [0.5, 0.6) is 5.75 Å². The molecule has 3 atom stereocenters. The van der Waals surface area contributed by atoms with Crippen LogP contribution in [0.4, 0.5) is 17.1 Å². The number of aromatic nitrogens is 3. The van der Waals surface area contributed by atoms with Gasteiger partial charge in [0.1, 0.15) is 23.0 Å². The zero-order valence-electron chi connectivity index (χ0n) is 34.7. The highest BCUT2D eigenvalue weighted by Gasteiger charge is 2.40. The second-order valence-electron chi connectivity index (χ2n) is 17.0. The molecular formula is C44H56N8O5. The summed E-state index contributed by atoms with van der Waals surface area (Å²) in [6.07, 6.45) is 4.60. The second kappa shape index (κ2) is 16.5. The number of carbonyl (C=O) groups excluding carboxylic acids is 2. The lowest BCUT2D eigenvalue weighted by Gasteiger charge is -2.48. The number of rotatable bonds is 12. The molecule has 2 amide bonds. The van der Waals surface area contributed by atoms with Crippen LogP contribution in [0.15, 0.2) is 40.9 Å². The molecule has 302 valence electrons. The Kier molecular flexibility index (Phi) is 11.9. The molecule has 6 rings (SSSR count). The number of hydrogen-bond acceptors (Lipinski definition) is 9. The van der Waals surface area contributed by atoms with Gasteiger partial charge in [0.05, 0.1) is 24.9 Å². The average molecular weight is 777 g/mol. The first-order valence-corrected chi connectivity index (χ1v) is 20.2. The Bertz CT molecular complexity index is 2170. The number of carboxylic acids is 1. The van der Waals surface area contributed by atoms with Crippen molar-refractivity contribution in [3.63, 3.8) is 0 Å². The van der Waals surface area contributed by atoms with Gasteiger partial charge in [0, 0.05) is 35.8 Å². The molecule has 1 aromatic heterocycles. The summed E-state index contributed by atoms with van der Waals surface area (Å²) in [7, 11) is 1.47. The van der Waals surface area contributed by atoms with E-state index in [9.17, 15) is 19.6 Å². The SMILES string of the molecule is CCCCN1c2cc(C)c(N=C3C(C#N)=C(C(=O)NC4C(C)CC(C)CC4C)c4nc(-c5ccc(OC)c(NC(=O)CCC(=O)O)c5)nn43)cc2C(C)CC1(C)C. The zero-order chi connectivity index (χ0) is 41.3. The number of aryl methyl sites for hydroxylation is 1. The van der Waals surface area contributed by atoms with Crippen LogP contribution in [0.25, 0.3) is 17.0 Å². The second-order valence-corrected chi connectivity index (χ2v) is 17.0. The van der Waals surface area contributed by atoms with Gasteiger partial charge in [0.15, 0.2) is 17.5 Å². The Hall–Kier alpha value is -5.51. The maximum atomic E-state index is 14.4. The molecule has 57 heavy (non-hydrogen) atoms. The molecule has 0 radical (unpaired) electrons. The number of aliphatic carboxylic acids is 1. The van der Waals surface area contributed by atoms with Crippen LogP contribution in [0.3, 0.4) is 0 Å². The van der Waals surface area contributed by atoms with E-state index in [0.717, 1.165) is 44.2 Å². The van der Waals surface area contributed by atoms with Gasteiger partial charge in [-0.05, 0) is 112 Å². The van der Waals surface area contributed by atoms with Gasteiger partial charge in [-0.25, -0.2) is 9.98 Å². The summed E-state index contributed by atoms with van der Waals surface area (Å²) in [6, 6.07) is 11.6. The standard InChI is InChI=1S/C44H56N8O5/c1-10-11-16-51-34-19-25(3)32(21-30(34)28(6)22-44(51,7)8)47-41-31(23-45)38(43(56)48-39-26(4)17-24(2)18-27(39)5)42-49-40(50-52(41)42)29-12-13-35(57-9)33(20-29)46-36(53)14-15-37(54)55/h12-13,19-21,24,26-28,39H,10-11,14-18,22H2,1-9H3,(H,46,53)(H,48,56)(H,54,55). The summed E-state index contributed by atoms with van der Waals surface area (Å²) in [5, 5.41) is 30.7. The molecule has 13 heteroatoms. The fourth-order valence-corrected chi connectivity index (χ4v) is 9.20. The summed E-state index contributed by atoms with van der Waals surface area (Å²) < 4.78 is 6.96. The van der Waals surface area contributed by atoms with Crippen LogP contribution in [0.2, 0.25) is 0 Å². The molecular weight excluding hydrogens is 721 g/mol. The van der Waals surface area contributed by atoms with E-state index in [1.165, 1.54) is 23.0 Å². The number of anilines is 2. The summed E-state index contributed by atoms with van der Waals surface area (Å²) in [5.74, 6) is 0.343. The molecule has 3 heterocycles. The highest BCUT2D eigenvalue weighted by molar-refractivity contribution is 6.31. The van der Waals surface area contributed by atoms with Gasteiger partial charge >= 0.3 is 5.97 Å². The molecule has 0 spiro atoms. The van der Waals surface area contributed by atoms with Crippen molar-refractivity contribution in [2.24, 2.45) is 22.7 Å². The maximum Gasteiger partial charge on any atom is 0.303 e. The topological polar surface area (TPSA) is 175 Å². The first-order chi connectivity index (χ1) is 27.1.